The van der Waals surface area contributed by atoms with Crippen LogP contribution in [0, 0.1) is 31.0 Å². The zero-order chi connectivity index (χ0) is 25.0. The first-order valence-electron chi connectivity index (χ1n) is 8.56. The molecule has 0 aromatic heterocycles. The first-order valence-corrected chi connectivity index (χ1v) is 8.56. The van der Waals surface area contributed by atoms with Gasteiger partial charge in [0.05, 0.1) is 25.3 Å². The summed E-state index contributed by atoms with van der Waals surface area (Å²) >= 11 is 0. The minimum absolute atomic E-state index is 0.0353. The lowest BCUT2D eigenvalue weighted by Crippen LogP contribution is -2.14. The van der Waals surface area contributed by atoms with E-state index in [1.165, 1.54) is 7.05 Å². The Labute approximate surface area is 177 Å². The van der Waals surface area contributed by atoms with E-state index in [1.54, 1.807) is 6.07 Å². The molecule has 0 unspecified atom stereocenters. The summed E-state index contributed by atoms with van der Waals surface area (Å²) in [7, 11) is 1.50. The van der Waals surface area contributed by atoms with E-state index in [0.29, 0.717) is 0 Å². The van der Waals surface area contributed by atoms with Gasteiger partial charge < -0.3 is 45.8 Å². The Hall–Kier alpha value is -3.26. The van der Waals surface area contributed by atoms with E-state index >= 15 is 0 Å². The van der Waals surface area contributed by atoms with Gasteiger partial charge in [0.2, 0.25) is 19.6 Å². The maximum atomic E-state index is 9.82. The normalized spacial score (nSPS) is 10.6. The highest BCUT2D eigenvalue weighted by molar-refractivity contribution is 5.67. The third-order valence-corrected chi connectivity index (χ3v) is 2.05. The second kappa shape index (κ2) is 33.3. The van der Waals surface area contributed by atoms with Crippen molar-refractivity contribution in [2.24, 2.45) is 5.73 Å². The number of aliphatic carboxylic acids is 2. The number of aliphatic hydroxyl groups is 3. The Morgan fingerprint density at radius 3 is 1.30 bits per heavy atom. The third kappa shape index (κ3) is 49.8. The SMILES string of the molecule is CC.C[15NH2].[C-]#[15N+]C[C@H](O)CC(=O)O.[C-]#[N+]C[C@@H](O)CC#[15N].[C-]#[N+]C[C@@H](O)CC(=O)O. The molecule has 0 spiro atoms. The molecule has 12 heteroatoms. The van der Waals surface area contributed by atoms with Gasteiger partial charge in [0.15, 0.2) is 0 Å². The molecular formula is C18H31N5O7. The molecule has 3 atom stereocenters. The topological polar surface area (TPSA) is 198 Å². The number of hydrogen-bond donors (Lipinski definition) is 6. The molecule has 30 heavy (non-hydrogen) atoms. The van der Waals surface area contributed by atoms with Crippen LogP contribution in [0.15, 0.2) is 0 Å². The molecule has 0 rings (SSSR count). The molecule has 0 radical (unpaired) electrons. The fraction of sp³-hybridized carbons (Fsp3) is 0.667. The van der Waals surface area contributed by atoms with Crippen LogP contribution >= 0.6 is 0 Å². The van der Waals surface area contributed by atoms with Crippen molar-refractivity contribution in [3.63, 3.8) is 0 Å². The van der Waals surface area contributed by atoms with Crippen LogP contribution in [-0.4, -0.2) is 82.5 Å². The van der Waals surface area contributed by atoms with Gasteiger partial charge in [-0.2, -0.15) is 5.26 Å². The molecule has 170 valence electrons. The molecule has 0 saturated heterocycles. The summed E-state index contributed by atoms with van der Waals surface area (Å²) < 4.78 is 0. The van der Waals surface area contributed by atoms with E-state index in [1.807, 2.05) is 13.8 Å². The number of carboxylic acids is 2. The van der Waals surface area contributed by atoms with Crippen molar-refractivity contribution in [1.82, 2.24) is 0 Å². The van der Waals surface area contributed by atoms with Crippen molar-refractivity contribution < 1.29 is 35.1 Å². The number of hydrogen-bond acceptors (Lipinski definition) is 7. The first-order chi connectivity index (χ1) is 14.1. The maximum Gasteiger partial charge on any atom is 0.306 e. The maximum absolute atomic E-state index is 9.82. The van der Waals surface area contributed by atoms with E-state index in [-0.39, 0.29) is 38.9 Å². The van der Waals surface area contributed by atoms with Crippen LogP contribution in [-0.2, 0) is 9.59 Å². The van der Waals surface area contributed by atoms with Gasteiger partial charge >= 0.3 is 11.9 Å². The quantitative estimate of drug-likeness (QED) is 0.230. The molecule has 0 fully saturated rings. The smallest absolute Gasteiger partial charge is 0.306 e. The van der Waals surface area contributed by atoms with Crippen LogP contribution in [0.25, 0.3) is 14.5 Å². The standard InChI is InChI=1S/C5H6N2O.2C5H7NO3.C2H6.CH5N/c1-7-4-5(8)2-3-6;2*1-6-3-4(7)2-5(8)9;2*1-2/h5,8H,2,4H2;2*4,7H,2-3H2,(H,8,9);1-2H3;2H2,1H3/t5-;2*4-;;/m010../s1/i2*6+1;;;2+1. The molecular weight excluding hydrogens is 401 g/mol. The van der Waals surface area contributed by atoms with Gasteiger partial charge in [0.25, 0.3) is 0 Å². The number of nitriles is 1. The van der Waals surface area contributed by atoms with E-state index < -0.39 is 30.3 Å². The Morgan fingerprint density at radius 2 is 1.10 bits per heavy atom. The molecule has 0 aliphatic carbocycles. The van der Waals surface area contributed by atoms with Crippen molar-refractivity contribution in [1.29, 1.82) is 5.26 Å². The highest BCUT2D eigenvalue weighted by Gasteiger charge is 2.11. The molecule has 7 N–H and O–H groups in total. The van der Waals surface area contributed by atoms with Gasteiger partial charge in [-0.15, -0.1) is 0 Å². The van der Waals surface area contributed by atoms with Gasteiger partial charge in [-0.1, -0.05) is 13.8 Å². The second-order valence-corrected chi connectivity index (χ2v) is 4.54. The zero-order valence-corrected chi connectivity index (χ0v) is 17.4. The lowest BCUT2D eigenvalue weighted by atomic mass is 10.3. The highest BCUT2D eigenvalue weighted by atomic mass is 16.4. The monoisotopic (exact) mass is 432 g/mol. The molecule has 0 saturated carbocycles. The average Bonchev–Trinajstić information content (AvgIpc) is 2.66. The van der Waals surface area contributed by atoms with E-state index in [4.69, 9.17) is 50.5 Å². The summed E-state index contributed by atoms with van der Waals surface area (Å²) in [6, 6.07) is 1.76. The van der Waals surface area contributed by atoms with Crippen LogP contribution in [0.4, 0.5) is 0 Å². The Bertz CT molecular complexity index is 523. The van der Waals surface area contributed by atoms with E-state index in [0.717, 1.165) is 0 Å². The average molecular weight is 432 g/mol. The highest BCUT2D eigenvalue weighted by Crippen LogP contribution is 1.91. The fourth-order valence-electron chi connectivity index (χ4n) is 1.02. The zero-order valence-electron chi connectivity index (χ0n) is 17.4. The predicted molar refractivity (Wildman–Crippen MR) is 109 cm³/mol. The minimum Gasteiger partial charge on any atom is -0.481 e. The lowest BCUT2D eigenvalue weighted by Gasteiger charge is -1.96. The Morgan fingerprint density at radius 1 is 0.833 bits per heavy atom. The molecule has 0 aromatic rings. The molecule has 0 bridgehead atoms. The van der Waals surface area contributed by atoms with Crippen LogP contribution < -0.4 is 5.73 Å². The van der Waals surface area contributed by atoms with Crippen molar-refractivity contribution >= 4 is 11.9 Å². The summed E-state index contributed by atoms with van der Waals surface area (Å²) in [5.74, 6) is -2.16. The van der Waals surface area contributed by atoms with Crippen molar-refractivity contribution in [2.75, 3.05) is 26.7 Å². The molecule has 0 amide bonds. The number of carbonyl (C=O) groups is 2. The summed E-state index contributed by atoms with van der Waals surface area (Å²) in [4.78, 5) is 28.2. The lowest BCUT2D eigenvalue weighted by molar-refractivity contribution is -0.140. The van der Waals surface area contributed by atoms with Crippen LogP contribution in [0.2, 0.25) is 0 Å². The second-order valence-electron chi connectivity index (χ2n) is 4.54. The number of rotatable bonds is 8. The van der Waals surface area contributed by atoms with Crippen molar-refractivity contribution in [3.8, 4) is 6.07 Å². The summed E-state index contributed by atoms with van der Waals surface area (Å²) in [5.41, 5.74) is 4.50. The van der Waals surface area contributed by atoms with Gasteiger partial charge in [-0.05, 0) is 7.05 Å². The summed E-state index contributed by atoms with van der Waals surface area (Å²) in [6.45, 7) is 22.5. The van der Waals surface area contributed by atoms with E-state index in [9.17, 15) is 9.59 Å². The molecule has 0 heterocycles. The minimum atomic E-state index is -1.08. The fourth-order valence-corrected chi connectivity index (χ4v) is 1.02. The molecule has 0 aliphatic rings. The van der Waals surface area contributed by atoms with Crippen LogP contribution in [0.5, 0.6) is 0 Å². The van der Waals surface area contributed by atoms with Crippen LogP contribution in [0.1, 0.15) is 33.1 Å². The Balaban J connectivity index is -0.0000000960. The van der Waals surface area contributed by atoms with E-state index in [2.05, 4.69) is 20.3 Å². The Kier molecular flexibility index (Phi) is 41.7. The van der Waals surface area contributed by atoms with Gasteiger partial charge in [0.1, 0.15) is 18.3 Å². The summed E-state index contributed by atoms with van der Waals surface area (Å²) in [5, 5.41) is 49.9. The van der Waals surface area contributed by atoms with Crippen molar-refractivity contribution in [3.05, 3.63) is 34.3 Å². The molecule has 12 nitrogen and oxygen atoms in total. The number of nitrogens with two attached hydrogens (primary N) is 1. The van der Waals surface area contributed by atoms with Crippen LogP contribution in [0.3, 0.4) is 0 Å². The molecule has 0 aromatic carbocycles. The largest absolute Gasteiger partial charge is 0.481 e. The molecule has 0 aliphatic heterocycles. The van der Waals surface area contributed by atoms with Gasteiger partial charge in [-0.25, -0.2) is 19.7 Å². The van der Waals surface area contributed by atoms with Gasteiger partial charge in [-0.3, -0.25) is 9.59 Å². The number of aliphatic hydroxyl groups excluding tert-OH is 3. The first kappa shape index (κ1) is 37.5. The van der Waals surface area contributed by atoms with Gasteiger partial charge in [0, 0.05) is 0 Å². The number of nitrogens with zero attached hydrogens (tertiary/aromatic N) is 4. The summed E-state index contributed by atoms with van der Waals surface area (Å²) in [6.07, 6.45) is -3.41. The van der Waals surface area contributed by atoms with Crippen molar-refractivity contribution in [2.45, 2.75) is 51.4 Å². The predicted octanol–water partition coefficient (Wildman–Crippen LogP) is 0.264. The third-order valence-electron chi connectivity index (χ3n) is 2.05. The number of carboxylic acid groups (broad SMARTS) is 2.